The Balaban J connectivity index is 1.72. The van der Waals surface area contributed by atoms with Crippen molar-refractivity contribution in [1.29, 1.82) is 0 Å². The minimum atomic E-state index is -0.446. The molecule has 0 saturated heterocycles. The Morgan fingerprint density at radius 3 is 2.64 bits per heavy atom. The number of carbonyl (C=O) groups is 1. The summed E-state index contributed by atoms with van der Waals surface area (Å²) < 4.78 is 12.5. The second kappa shape index (κ2) is 5.94. The van der Waals surface area contributed by atoms with E-state index in [1.165, 1.54) is 0 Å². The van der Waals surface area contributed by atoms with Crippen molar-refractivity contribution >= 4 is 28.8 Å². The Kier molecular flexibility index (Phi) is 3.61. The van der Waals surface area contributed by atoms with E-state index in [9.17, 15) is 4.79 Å². The molecule has 0 unspecified atom stereocenters. The van der Waals surface area contributed by atoms with Gasteiger partial charge in [-0.1, -0.05) is 18.2 Å². The molecular formula is C20H16N2O3. The van der Waals surface area contributed by atoms with Gasteiger partial charge in [0.05, 0.1) is 7.11 Å². The lowest BCUT2D eigenvalue weighted by atomic mass is 10.1. The smallest absolute Gasteiger partial charge is 0.363 e. The molecule has 1 aliphatic rings. The van der Waals surface area contributed by atoms with Gasteiger partial charge in [-0.2, -0.15) is 0 Å². The van der Waals surface area contributed by atoms with Crippen LogP contribution in [0.25, 0.3) is 17.0 Å². The van der Waals surface area contributed by atoms with Gasteiger partial charge in [0.1, 0.15) is 5.75 Å². The molecule has 0 radical (unpaired) electrons. The van der Waals surface area contributed by atoms with E-state index in [2.05, 4.69) is 4.99 Å². The Hall–Kier alpha value is -3.34. The van der Waals surface area contributed by atoms with Gasteiger partial charge in [-0.25, -0.2) is 9.79 Å². The maximum atomic E-state index is 12.2. The van der Waals surface area contributed by atoms with Crippen LogP contribution in [-0.2, 0) is 16.6 Å². The van der Waals surface area contributed by atoms with Crippen molar-refractivity contribution in [2.24, 2.45) is 12.0 Å². The Bertz CT molecular complexity index is 1030. The van der Waals surface area contributed by atoms with Gasteiger partial charge in [-0.05, 0) is 36.4 Å². The van der Waals surface area contributed by atoms with Crippen molar-refractivity contribution in [2.45, 2.75) is 0 Å². The number of ether oxygens (including phenoxy) is 2. The quantitative estimate of drug-likeness (QED) is 0.544. The maximum Gasteiger partial charge on any atom is 0.363 e. The molecule has 0 atom stereocenters. The van der Waals surface area contributed by atoms with Crippen LogP contribution in [0.4, 0.5) is 0 Å². The van der Waals surface area contributed by atoms with E-state index < -0.39 is 5.97 Å². The molecule has 5 nitrogen and oxygen atoms in total. The largest absolute Gasteiger partial charge is 0.497 e. The third-order valence-electron chi connectivity index (χ3n) is 4.18. The zero-order valence-electron chi connectivity index (χ0n) is 13.9. The molecule has 124 valence electrons. The summed E-state index contributed by atoms with van der Waals surface area (Å²) in [6.07, 6.45) is 3.74. The average molecular weight is 332 g/mol. The van der Waals surface area contributed by atoms with Crippen LogP contribution in [-0.4, -0.2) is 23.5 Å². The summed E-state index contributed by atoms with van der Waals surface area (Å²) in [6.45, 7) is 0. The number of hydrogen-bond donors (Lipinski definition) is 0. The molecule has 25 heavy (non-hydrogen) atoms. The molecule has 0 spiro atoms. The topological polar surface area (TPSA) is 52.8 Å². The number of fused-ring (bicyclic) bond motifs is 1. The van der Waals surface area contributed by atoms with E-state index in [0.29, 0.717) is 11.6 Å². The van der Waals surface area contributed by atoms with E-state index in [1.54, 1.807) is 25.3 Å². The van der Waals surface area contributed by atoms with Gasteiger partial charge >= 0.3 is 5.97 Å². The second-order valence-electron chi connectivity index (χ2n) is 5.78. The van der Waals surface area contributed by atoms with Crippen LogP contribution in [0.15, 0.2) is 65.4 Å². The van der Waals surface area contributed by atoms with Crippen molar-refractivity contribution in [3.8, 4) is 5.75 Å². The number of cyclic esters (lactones) is 1. The highest BCUT2D eigenvalue weighted by molar-refractivity contribution is 6.13. The highest BCUT2D eigenvalue weighted by Crippen LogP contribution is 2.25. The van der Waals surface area contributed by atoms with Crippen LogP contribution in [0.3, 0.4) is 0 Å². The normalized spacial score (nSPS) is 15.5. The Labute approximate surface area is 144 Å². The van der Waals surface area contributed by atoms with Crippen LogP contribution >= 0.6 is 0 Å². The summed E-state index contributed by atoms with van der Waals surface area (Å²) in [5.41, 5.74) is 3.06. The van der Waals surface area contributed by atoms with E-state index in [0.717, 1.165) is 27.8 Å². The summed E-state index contributed by atoms with van der Waals surface area (Å²) in [7, 11) is 3.58. The number of methoxy groups -OCH3 is 1. The summed E-state index contributed by atoms with van der Waals surface area (Å²) in [6, 6.07) is 15.3. The SMILES string of the molecule is COc1ccc(C2=NC(=Cc3cn(C)c4ccccc34)C(=O)O2)cc1. The summed E-state index contributed by atoms with van der Waals surface area (Å²) >= 11 is 0. The van der Waals surface area contributed by atoms with Gasteiger partial charge in [0.15, 0.2) is 5.70 Å². The van der Waals surface area contributed by atoms with Crippen molar-refractivity contribution in [3.63, 3.8) is 0 Å². The van der Waals surface area contributed by atoms with Crippen molar-refractivity contribution < 1.29 is 14.3 Å². The van der Waals surface area contributed by atoms with E-state index in [4.69, 9.17) is 9.47 Å². The van der Waals surface area contributed by atoms with Gasteiger partial charge in [0.2, 0.25) is 5.90 Å². The first-order valence-corrected chi connectivity index (χ1v) is 7.87. The minimum Gasteiger partial charge on any atom is -0.497 e. The molecule has 1 aromatic heterocycles. The molecule has 0 amide bonds. The zero-order chi connectivity index (χ0) is 17.4. The maximum absolute atomic E-state index is 12.2. The molecular weight excluding hydrogens is 316 g/mol. The van der Waals surface area contributed by atoms with Crippen LogP contribution in [0, 0.1) is 0 Å². The standard InChI is InChI=1S/C20H16N2O3/c1-22-12-14(16-5-3-4-6-18(16)22)11-17-20(23)25-19(21-17)13-7-9-15(24-2)10-8-13/h3-12H,1-2H3. The molecule has 0 aliphatic carbocycles. The summed E-state index contributed by atoms with van der Waals surface area (Å²) in [5, 5.41) is 1.07. The van der Waals surface area contributed by atoms with Gasteiger partial charge < -0.3 is 14.0 Å². The number of nitrogens with zero attached hydrogens (tertiary/aromatic N) is 2. The zero-order valence-corrected chi connectivity index (χ0v) is 13.9. The van der Waals surface area contributed by atoms with Crippen LogP contribution < -0.4 is 4.74 Å². The summed E-state index contributed by atoms with van der Waals surface area (Å²) in [4.78, 5) is 16.6. The first kappa shape index (κ1) is 15.2. The highest BCUT2D eigenvalue weighted by atomic mass is 16.6. The number of benzene rings is 2. The molecule has 0 N–H and O–H groups in total. The molecule has 3 aromatic rings. The monoisotopic (exact) mass is 332 g/mol. The molecule has 1 aliphatic heterocycles. The number of carbonyl (C=O) groups excluding carboxylic acids is 1. The number of rotatable bonds is 3. The van der Waals surface area contributed by atoms with Crippen molar-refractivity contribution in [2.75, 3.05) is 7.11 Å². The third-order valence-corrected chi connectivity index (χ3v) is 4.18. The lowest BCUT2D eigenvalue weighted by molar-refractivity contribution is -0.129. The number of para-hydroxylation sites is 1. The molecule has 2 aromatic carbocycles. The van der Waals surface area contributed by atoms with Crippen LogP contribution in [0.2, 0.25) is 0 Å². The number of hydrogen-bond acceptors (Lipinski definition) is 4. The second-order valence-corrected chi connectivity index (χ2v) is 5.78. The van der Waals surface area contributed by atoms with Crippen molar-refractivity contribution in [1.82, 2.24) is 4.57 Å². The molecule has 4 rings (SSSR count). The fourth-order valence-corrected chi connectivity index (χ4v) is 2.90. The van der Waals surface area contributed by atoms with Crippen molar-refractivity contribution in [3.05, 3.63) is 71.6 Å². The molecule has 2 heterocycles. The Morgan fingerprint density at radius 1 is 1.12 bits per heavy atom. The molecule has 0 fully saturated rings. The first-order chi connectivity index (χ1) is 12.2. The van der Waals surface area contributed by atoms with E-state index >= 15 is 0 Å². The van der Waals surface area contributed by atoms with Crippen LogP contribution in [0.1, 0.15) is 11.1 Å². The first-order valence-electron chi connectivity index (χ1n) is 7.87. The number of aromatic nitrogens is 1. The summed E-state index contributed by atoms with van der Waals surface area (Å²) in [5.74, 6) is 0.595. The lowest BCUT2D eigenvalue weighted by Crippen LogP contribution is -2.05. The molecule has 5 heteroatoms. The lowest BCUT2D eigenvalue weighted by Gasteiger charge is -2.01. The molecule has 0 saturated carbocycles. The highest BCUT2D eigenvalue weighted by Gasteiger charge is 2.24. The van der Waals surface area contributed by atoms with Gasteiger partial charge in [0, 0.05) is 35.3 Å². The van der Waals surface area contributed by atoms with Crippen LogP contribution in [0.5, 0.6) is 5.75 Å². The number of aryl methyl sites for hydroxylation is 1. The fourth-order valence-electron chi connectivity index (χ4n) is 2.90. The average Bonchev–Trinajstić information content (AvgIpc) is 3.16. The van der Waals surface area contributed by atoms with Gasteiger partial charge in [0.25, 0.3) is 0 Å². The van der Waals surface area contributed by atoms with Gasteiger partial charge in [-0.3, -0.25) is 0 Å². The minimum absolute atomic E-state index is 0.294. The van der Waals surface area contributed by atoms with E-state index in [1.807, 2.05) is 54.2 Å². The Morgan fingerprint density at radius 2 is 1.88 bits per heavy atom. The third kappa shape index (κ3) is 2.70. The predicted octanol–water partition coefficient (Wildman–Crippen LogP) is 3.53. The fraction of sp³-hybridized carbons (Fsp3) is 0.100. The molecule has 0 bridgehead atoms. The van der Waals surface area contributed by atoms with E-state index in [-0.39, 0.29) is 0 Å². The predicted molar refractivity (Wildman–Crippen MR) is 96.5 cm³/mol. The van der Waals surface area contributed by atoms with Gasteiger partial charge in [-0.15, -0.1) is 0 Å². The number of esters is 1. The number of aliphatic imine (C=N–C) groups is 1.